The Labute approximate surface area is 86.2 Å². The van der Waals surface area contributed by atoms with E-state index >= 15 is 0 Å². The van der Waals surface area contributed by atoms with Crippen molar-refractivity contribution in [3.63, 3.8) is 0 Å². The number of nitrogens with zero attached hydrogens (tertiary/aromatic N) is 1. The van der Waals surface area contributed by atoms with Gasteiger partial charge in [0.2, 0.25) is 0 Å². The number of carbonyl (C=O) groups excluding carboxylic acids is 1. The first-order valence-corrected chi connectivity index (χ1v) is 4.93. The summed E-state index contributed by atoms with van der Waals surface area (Å²) < 4.78 is 6.43. The maximum absolute atomic E-state index is 11.5. The van der Waals surface area contributed by atoms with E-state index in [1.807, 2.05) is 0 Å². The van der Waals surface area contributed by atoms with Gasteiger partial charge in [0.25, 0.3) is 0 Å². The molecule has 0 fully saturated rings. The molecule has 6 heteroatoms. The summed E-state index contributed by atoms with van der Waals surface area (Å²) in [4.78, 5) is 25.5. The highest BCUT2D eigenvalue weighted by Gasteiger charge is 2.22. The lowest BCUT2D eigenvalue weighted by Crippen LogP contribution is -2.33. The molecular formula is C9H13N3O3. The van der Waals surface area contributed by atoms with E-state index in [1.165, 1.54) is 0 Å². The monoisotopic (exact) mass is 211 g/mol. The number of nitrogens with one attached hydrogen (secondary N) is 2. The molecule has 2 N–H and O–H groups in total. The quantitative estimate of drug-likeness (QED) is 0.644. The first-order valence-electron chi connectivity index (χ1n) is 4.93. The summed E-state index contributed by atoms with van der Waals surface area (Å²) in [7, 11) is 0. The molecule has 15 heavy (non-hydrogen) atoms. The molecule has 0 spiro atoms. The number of hydrogen-bond acceptors (Lipinski definition) is 4. The molecule has 2 rings (SSSR count). The van der Waals surface area contributed by atoms with Crippen molar-refractivity contribution in [3.8, 4) is 0 Å². The highest BCUT2D eigenvalue weighted by Crippen LogP contribution is 2.08. The fraction of sp³-hybridized carbons (Fsp3) is 0.556. The molecule has 0 aromatic carbocycles. The lowest BCUT2D eigenvalue weighted by molar-refractivity contribution is 0.0518. The topological polar surface area (TPSA) is 76.1 Å². The minimum atomic E-state index is -0.466. The number of aromatic nitrogens is 2. The summed E-state index contributed by atoms with van der Waals surface area (Å²) in [6.07, 6.45) is 0. The Kier molecular flexibility index (Phi) is 2.59. The van der Waals surface area contributed by atoms with E-state index in [9.17, 15) is 9.59 Å². The lowest BCUT2D eigenvalue weighted by Gasteiger charge is -2.15. The molecule has 1 aliphatic heterocycles. The molecule has 0 unspecified atom stereocenters. The Morgan fingerprint density at radius 3 is 3.13 bits per heavy atom. The maximum atomic E-state index is 11.5. The van der Waals surface area contributed by atoms with Crippen molar-refractivity contribution in [1.82, 2.24) is 14.9 Å². The van der Waals surface area contributed by atoms with Crippen LogP contribution < -0.4 is 11.0 Å². The van der Waals surface area contributed by atoms with Crippen LogP contribution in [-0.4, -0.2) is 28.7 Å². The van der Waals surface area contributed by atoms with Crippen molar-refractivity contribution < 1.29 is 9.53 Å². The average Bonchev–Trinajstić information content (AvgIpc) is 2.58. The SMILES string of the molecule is CCOC(=O)c1[nH]c(=O)n2c1CNCC2. The van der Waals surface area contributed by atoms with Crippen LogP contribution in [0.5, 0.6) is 0 Å². The number of imidazole rings is 1. The van der Waals surface area contributed by atoms with Crippen LogP contribution in [0.15, 0.2) is 4.79 Å². The van der Waals surface area contributed by atoms with E-state index in [-0.39, 0.29) is 11.4 Å². The van der Waals surface area contributed by atoms with Gasteiger partial charge < -0.3 is 10.1 Å². The molecule has 2 heterocycles. The number of H-pyrrole nitrogens is 1. The van der Waals surface area contributed by atoms with E-state index in [1.54, 1.807) is 11.5 Å². The zero-order valence-electron chi connectivity index (χ0n) is 8.50. The third kappa shape index (κ3) is 1.68. The van der Waals surface area contributed by atoms with Gasteiger partial charge in [-0.05, 0) is 6.92 Å². The van der Waals surface area contributed by atoms with Crippen LogP contribution >= 0.6 is 0 Å². The fourth-order valence-corrected chi connectivity index (χ4v) is 1.69. The van der Waals surface area contributed by atoms with Gasteiger partial charge in [-0.3, -0.25) is 9.55 Å². The summed E-state index contributed by atoms with van der Waals surface area (Å²) >= 11 is 0. The van der Waals surface area contributed by atoms with Crippen LogP contribution in [-0.2, 0) is 17.8 Å². The van der Waals surface area contributed by atoms with Gasteiger partial charge in [-0.1, -0.05) is 0 Å². The predicted octanol–water partition coefficient (Wildman–Crippen LogP) is -0.544. The maximum Gasteiger partial charge on any atom is 0.356 e. The number of rotatable bonds is 2. The van der Waals surface area contributed by atoms with Crippen molar-refractivity contribution in [2.24, 2.45) is 0 Å². The molecule has 82 valence electrons. The van der Waals surface area contributed by atoms with Crippen LogP contribution in [0, 0.1) is 0 Å². The minimum Gasteiger partial charge on any atom is -0.461 e. The van der Waals surface area contributed by atoms with Crippen LogP contribution in [0.3, 0.4) is 0 Å². The molecule has 0 saturated carbocycles. The first-order chi connectivity index (χ1) is 7.24. The van der Waals surface area contributed by atoms with Gasteiger partial charge in [0, 0.05) is 19.6 Å². The van der Waals surface area contributed by atoms with E-state index < -0.39 is 5.97 Å². The van der Waals surface area contributed by atoms with Gasteiger partial charge >= 0.3 is 11.7 Å². The molecule has 1 aromatic heterocycles. The minimum absolute atomic E-state index is 0.241. The molecule has 0 aliphatic carbocycles. The number of carbonyl (C=O) groups is 1. The Hall–Kier alpha value is -1.56. The van der Waals surface area contributed by atoms with Crippen molar-refractivity contribution in [2.45, 2.75) is 20.0 Å². The molecule has 0 saturated heterocycles. The summed E-state index contributed by atoms with van der Waals surface area (Å²) in [5, 5.41) is 3.10. The second-order valence-corrected chi connectivity index (χ2v) is 3.30. The summed E-state index contributed by atoms with van der Waals surface area (Å²) in [6.45, 7) is 3.89. The molecule has 1 aromatic rings. The van der Waals surface area contributed by atoms with E-state index in [4.69, 9.17) is 4.74 Å². The Bertz CT molecular complexity index is 432. The standard InChI is InChI=1S/C9H13N3O3/c1-2-15-8(13)7-6-5-10-3-4-12(6)9(14)11-7/h10H,2-5H2,1H3,(H,11,14). The van der Waals surface area contributed by atoms with E-state index in [2.05, 4.69) is 10.3 Å². The first kappa shape index (κ1) is 9.97. The van der Waals surface area contributed by atoms with Crippen molar-refractivity contribution in [2.75, 3.05) is 13.2 Å². The van der Waals surface area contributed by atoms with Gasteiger partial charge in [0.05, 0.1) is 12.3 Å². The Morgan fingerprint density at radius 1 is 1.60 bits per heavy atom. The molecule has 0 atom stereocenters. The Morgan fingerprint density at radius 2 is 2.40 bits per heavy atom. The fourth-order valence-electron chi connectivity index (χ4n) is 1.69. The largest absolute Gasteiger partial charge is 0.461 e. The van der Waals surface area contributed by atoms with Gasteiger partial charge in [-0.15, -0.1) is 0 Å². The summed E-state index contributed by atoms with van der Waals surface area (Å²) in [5.41, 5.74) is 0.716. The Balaban J connectivity index is 2.40. The second kappa shape index (κ2) is 3.90. The zero-order chi connectivity index (χ0) is 10.8. The van der Waals surface area contributed by atoms with Crippen LogP contribution in [0.4, 0.5) is 0 Å². The predicted molar refractivity (Wildman–Crippen MR) is 52.7 cm³/mol. The lowest BCUT2D eigenvalue weighted by atomic mass is 10.3. The van der Waals surface area contributed by atoms with Gasteiger partial charge in [-0.2, -0.15) is 0 Å². The summed E-state index contributed by atoms with van der Waals surface area (Å²) in [5.74, 6) is -0.466. The van der Waals surface area contributed by atoms with Crippen LogP contribution in [0.25, 0.3) is 0 Å². The highest BCUT2D eigenvalue weighted by atomic mass is 16.5. The molecule has 6 nitrogen and oxygen atoms in total. The average molecular weight is 211 g/mol. The zero-order valence-corrected chi connectivity index (χ0v) is 8.50. The number of esters is 1. The third-order valence-corrected chi connectivity index (χ3v) is 2.38. The highest BCUT2D eigenvalue weighted by molar-refractivity contribution is 5.88. The van der Waals surface area contributed by atoms with Crippen LogP contribution in [0.2, 0.25) is 0 Å². The normalized spacial score (nSPS) is 14.7. The van der Waals surface area contributed by atoms with Crippen molar-refractivity contribution >= 4 is 5.97 Å². The number of fused-ring (bicyclic) bond motifs is 1. The molecule has 1 aliphatic rings. The second-order valence-electron chi connectivity index (χ2n) is 3.30. The van der Waals surface area contributed by atoms with Gasteiger partial charge in [-0.25, -0.2) is 9.59 Å². The van der Waals surface area contributed by atoms with E-state index in [0.717, 1.165) is 6.54 Å². The molecule has 0 radical (unpaired) electrons. The van der Waals surface area contributed by atoms with Crippen molar-refractivity contribution in [1.29, 1.82) is 0 Å². The van der Waals surface area contributed by atoms with E-state index in [0.29, 0.717) is 25.4 Å². The van der Waals surface area contributed by atoms with Crippen molar-refractivity contribution in [3.05, 3.63) is 21.9 Å². The third-order valence-electron chi connectivity index (χ3n) is 2.38. The molecule has 0 amide bonds. The van der Waals surface area contributed by atoms with Crippen LogP contribution in [0.1, 0.15) is 23.1 Å². The molecular weight excluding hydrogens is 198 g/mol. The van der Waals surface area contributed by atoms with Gasteiger partial charge in [0.15, 0.2) is 0 Å². The number of ether oxygens (including phenoxy) is 1. The van der Waals surface area contributed by atoms with Gasteiger partial charge in [0.1, 0.15) is 5.69 Å². The smallest absolute Gasteiger partial charge is 0.356 e. The molecule has 0 bridgehead atoms. The number of hydrogen-bond donors (Lipinski definition) is 2. The number of aromatic amines is 1. The summed E-state index contributed by atoms with van der Waals surface area (Å²) in [6, 6.07) is 0.